The lowest BCUT2D eigenvalue weighted by Crippen LogP contribution is -2.29. The highest BCUT2D eigenvalue weighted by atomic mass is 32.1. The van der Waals surface area contributed by atoms with Crippen molar-refractivity contribution in [3.63, 3.8) is 0 Å². The minimum Gasteiger partial charge on any atom is -0.296 e. The van der Waals surface area contributed by atoms with Gasteiger partial charge in [-0.2, -0.15) is 10.4 Å². The van der Waals surface area contributed by atoms with E-state index in [1.54, 1.807) is 0 Å². The fraction of sp³-hybridized carbons (Fsp3) is 0.526. The second kappa shape index (κ2) is 7.70. The minimum atomic E-state index is 0.423. The van der Waals surface area contributed by atoms with E-state index in [0.29, 0.717) is 24.0 Å². The topological polar surface area (TPSA) is 53.0 Å². The Morgan fingerprint density at radius 2 is 1.92 bits per heavy atom. The Kier molecular flexibility index (Phi) is 5.16. The Morgan fingerprint density at radius 3 is 2.58 bits per heavy atom. The maximum atomic E-state index is 9.13. The van der Waals surface area contributed by atoms with E-state index in [1.165, 1.54) is 12.8 Å². The third-order valence-corrected chi connectivity index (χ3v) is 5.53. The van der Waals surface area contributed by atoms with Gasteiger partial charge < -0.3 is 0 Å². The zero-order valence-electron chi connectivity index (χ0n) is 14.9. The van der Waals surface area contributed by atoms with Crippen LogP contribution in [0.2, 0.25) is 0 Å². The van der Waals surface area contributed by atoms with Gasteiger partial charge in [0.1, 0.15) is 0 Å². The van der Waals surface area contributed by atoms with Crippen LogP contribution in [0.25, 0.3) is 5.69 Å². The van der Waals surface area contributed by atoms with E-state index < -0.39 is 0 Å². The number of rotatable bonds is 7. The minimum absolute atomic E-state index is 0.423. The quantitative estimate of drug-likeness (QED) is 0.556. The molecule has 1 aromatic heterocycles. The summed E-state index contributed by atoms with van der Waals surface area (Å²) >= 11 is 5.78. The molecule has 0 atom stereocenters. The smallest absolute Gasteiger partial charge is 0.203 e. The Labute approximate surface area is 159 Å². The van der Waals surface area contributed by atoms with Crippen molar-refractivity contribution >= 4 is 12.2 Å². The van der Waals surface area contributed by atoms with Crippen molar-refractivity contribution < 1.29 is 0 Å². The van der Waals surface area contributed by atoms with E-state index in [1.807, 2.05) is 22.9 Å². The van der Waals surface area contributed by atoms with Gasteiger partial charge in [-0.25, -0.2) is 4.68 Å². The molecule has 7 heteroatoms. The van der Waals surface area contributed by atoms with Crippen LogP contribution >= 0.6 is 12.2 Å². The van der Waals surface area contributed by atoms with E-state index in [2.05, 4.69) is 32.6 Å². The maximum Gasteiger partial charge on any atom is 0.203 e. The highest BCUT2D eigenvalue weighted by Gasteiger charge is 2.29. The summed E-state index contributed by atoms with van der Waals surface area (Å²) in [5, 5.41) is 14.0. The maximum absolute atomic E-state index is 9.13. The molecule has 0 radical (unpaired) electrons. The van der Waals surface area contributed by atoms with Crippen molar-refractivity contribution in [1.82, 2.24) is 24.1 Å². The van der Waals surface area contributed by atoms with Gasteiger partial charge in [0.15, 0.2) is 5.82 Å². The number of hydrogen-bond acceptors (Lipinski definition) is 5. The van der Waals surface area contributed by atoms with Gasteiger partial charge in [-0.1, -0.05) is 18.2 Å². The van der Waals surface area contributed by atoms with E-state index in [0.717, 1.165) is 44.0 Å². The average Bonchev–Trinajstić information content (AvgIpc) is 3.30. The summed E-state index contributed by atoms with van der Waals surface area (Å²) in [6, 6.07) is 13.0. The lowest BCUT2D eigenvalue weighted by atomic mass is 10.3. The van der Waals surface area contributed by atoms with Gasteiger partial charge in [0.2, 0.25) is 4.77 Å². The molecule has 1 aromatic carbocycles. The van der Waals surface area contributed by atoms with E-state index in [-0.39, 0.29) is 0 Å². The fourth-order valence-corrected chi connectivity index (χ4v) is 3.93. The first-order chi connectivity index (χ1) is 12.8. The first-order valence-electron chi connectivity index (χ1n) is 9.34. The van der Waals surface area contributed by atoms with Gasteiger partial charge in [-0.15, -0.1) is 0 Å². The Balaban J connectivity index is 1.67. The molecule has 0 spiro atoms. The summed E-state index contributed by atoms with van der Waals surface area (Å²) in [5.74, 6) is 0.982. The number of hydrogen-bond donors (Lipinski definition) is 0. The van der Waals surface area contributed by atoms with Crippen molar-refractivity contribution in [1.29, 1.82) is 5.26 Å². The highest BCUT2D eigenvalue weighted by molar-refractivity contribution is 7.71. The van der Waals surface area contributed by atoms with Crippen molar-refractivity contribution in [3.05, 3.63) is 40.9 Å². The molecular weight excluding hydrogens is 344 g/mol. The van der Waals surface area contributed by atoms with Crippen molar-refractivity contribution in [2.75, 3.05) is 19.6 Å². The molecule has 2 heterocycles. The molecule has 6 nitrogen and oxygen atoms in total. The summed E-state index contributed by atoms with van der Waals surface area (Å²) < 4.78 is 4.68. The summed E-state index contributed by atoms with van der Waals surface area (Å²) in [5.41, 5.74) is 1.05. The van der Waals surface area contributed by atoms with Crippen LogP contribution < -0.4 is 0 Å². The first kappa shape index (κ1) is 17.4. The predicted molar refractivity (Wildman–Crippen MR) is 102 cm³/mol. The summed E-state index contributed by atoms with van der Waals surface area (Å²) in [6.07, 6.45) is 4.83. The standard InChI is InChI=1S/C19H24N6S/c20-10-13-23(16-8-9-16)15-24-19(26)25(17-6-2-1-3-7-17)18(21-24)14-22-11-4-5-12-22/h1-3,6-7,16H,4-5,8-9,11-15H2. The molecule has 2 aromatic rings. The van der Waals surface area contributed by atoms with Crippen molar-refractivity contribution in [2.45, 2.75) is 44.9 Å². The number of para-hydroxylation sites is 1. The normalized spacial score (nSPS) is 17.7. The highest BCUT2D eigenvalue weighted by Crippen LogP contribution is 2.27. The lowest BCUT2D eigenvalue weighted by molar-refractivity contribution is 0.218. The van der Waals surface area contributed by atoms with Crippen LogP contribution in [0.3, 0.4) is 0 Å². The second-order valence-electron chi connectivity index (χ2n) is 7.13. The van der Waals surface area contributed by atoms with Gasteiger partial charge in [0, 0.05) is 11.7 Å². The molecule has 1 saturated heterocycles. The van der Waals surface area contributed by atoms with Gasteiger partial charge in [-0.05, 0) is 63.1 Å². The van der Waals surface area contributed by atoms with Gasteiger partial charge in [-0.3, -0.25) is 14.4 Å². The Bertz CT molecular complexity index is 839. The van der Waals surface area contributed by atoms with Crippen molar-refractivity contribution in [3.8, 4) is 11.8 Å². The van der Waals surface area contributed by atoms with Gasteiger partial charge >= 0.3 is 0 Å². The zero-order valence-corrected chi connectivity index (χ0v) is 15.7. The van der Waals surface area contributed by atoms with Crippen molar-refractivity contribution in [2.24, 2.45) is 0 Å². The first-order valence-corrected chi connectivity index (χ1v) is 9.74. The molecule has 0 unspecified atom stereocenters. The molecule has 2 aliphatic rings. The summed E-state index contributed by atoms with van der Waals surface area (Å²) in [4.78, 5) is 4.62. The zero-order chi connectivity index (χ0) is 17.9. The average molecular weight is 369 g/mol. The lowest BCUT2D eigenvalue weighted by Gasteiger charge is -2.17. The van der Waals surface area contributed by atoms with E-state index in [9.17, 15) is 0 Å². The van der Waals surface area contributed by atoms with Gasteiger partial charge in [0.25, 0.3) is 0 Å². The largest absolute Gasteiger partial charge is 0.296 e. The molecule has 0 N–H and O–H groups in total. The van der Waals surface area contributed by atoms with E-state index >= 15 is 0 Å². The summed E-state index contributed by atoms with van der Waals surface area (Å²) in [7, 11) is 0. The Morgan fingerprint density at radius 1 is 1.19 bits per heavy atom. The molecule has 1 saturated carbocycles. The molecule has 136 valence electrons. The van der Waals surface area contributed by atoms with Crippen LogP contribution in [0, 0.1) is 16.1 Å². The molecule has 0 amide bonds. The summed E-state index contributed by atoms with van der Waals surface area (Å²) in [6.45, 7) is 4.07. The number of nitriles is 1. The number of aromatic nitrogens is 3. The molecule has 0 bridgehead atoms. The van der Waals surface area contributed by atoms with Crippen LogP contribution in [0.1, 0.15) is 31.5 Å². The molecule has 1 aliphatic heterocycles. The molecule has 1 aliphatic carbocycles. The molecule has 4 rings (SSSR count). The molecule has 2 fully saturated rings. The molecule has 26 heavy (non-hydrogen) atoms. The second-order valence-corrected chi connectivity index (χ2v) is 7.50. The van der Waals surface area contributed by atoms with Crippen LogP contribution in [-0.4, -0.2) is 49.8 Å². The van der Waals surface area contributed by atoms with Gasteiger partial charge in [0.05, 0.1) is 25.8 Å². The molecular formula is C19H24N6S. The SMILES string of the molecule is N#CCN(Cn1nc(CN2CCCC2)n(-c2ccccc2)c1=S)C1CC1. The van der Waals surface area contributed by atoms with Crippen LogP contribution in [-0.2, 0) is 13.2 Å². The van der Waals surface area contributed by atoms with Crippen LogP contribution in [0.5, 0.6) is 0 Å². The monoisotopic (exact) mass is 368 g/mol. The fourth-order valence-electron chi connectivity index (χ4n) is 3.62. The van der Waals surface area contributed by atoms with E-state index in [4.69, 9.17) is 22.6 Å². The van der Waals surface area contributed by atoms with Crippen LogP contribution in [0.4, 0.5) is 0 Å². The number of benzene rings is 1. The predicted octanol–water partition coefficient (Wildman–Crippen LogP) is 2.94. The third kappa shape index (κ3) is 3.73. The number of likely N-dealkylation sites (tertiary alicyclic amines) is 1. The van der Waals surface area contributed by atoms with Crippen LogP contribution in [0.15, 0.2) is 30.3 Å². The Hall–Kier alpha value is -2.01. The number of nitrogens with zero attached hydrogens (tertiary/aromatic N) is 6. The third-order valence-electron chi connectivity index (χ3n) is 5.14.